The Balaban J connectivity index is -0.000000137. The first-order chi connectivity index (χ1) is 11.5. The highest BCUT2D eigenvalue weighted by molar-refractivity contribution is 8.06. The number of rotatable bonds is 1. The van der Waals surface area contributed by atoms with E-state index in [0.717, 1.165) is 17.3 Å². The molecule has 0 atom stereocenters. The Morgan fingerprint density at radius 1 is 0.885 bits per heavy atom. The molecular weight excluding hydrogens is 420 g/mol. The second kappa shape index (κ2) is 18.3. The van der Waals surface area contributed by atoms with Gasteiger partial charge in [-0.3, -0.25) is 0 Å². The van der Waals surface area contributed by atoms with Crippen LogP contribution < -0.4 is 4.90 Å². The van der Waals surface area contributed by atoms with Crippen molar-refractivity contribution < 1.29 is 29.4 Å². The van der Waals surface area contributed by atoms with Crippen molar-refractivity contribution in [2.75, 3.05) is 19.0 Å². The van der Waals surface area contributed by atoms with Crippen LogP contribution in [0.25, 0.3) is 0 Å². The predicted octanol–water partition coefficient (Wildman–Crippen LogP) is 1.98. The molecule has 1 rings (SSSR count). The summed E-state index contributed by atoms with van der Waals surface area (Å²) in [5.41, 5.74) is 1.02. The summed E-state index contributed by atoms with van der Waals surface area (Å²) in [4.78, 5) is 55.7. The van der Waals surface area contributed by atoms with E-state index in [2.05, 4.69) is 47.4 Å². The first-order valence-electron chi connectivity index (χ1n) is 7.57. The summed E-state index contributed by atoms with van der Waals surface area (Å²) in [6.45, 7) is 4.52. The Bertz CT molecular complexity index is 496. The third-order valence-electron chi connectivity index (χ3n) is 1.41. The van der Waals surface area contributed by atoms with Gasteiger partial charge in [-0.25, -0.2) is 9.97 Å². The lowest BCUT2D eigenvalue weighted by Gasteiger charge is -2.11. The van der Waals surface area contributed by atoms with Gasteiger partial charge in [0.2, 0.25) is 0 Å². The standard InChI is InChI=1S/C8H13N3.C3H8.C2H6.2H3O3PS/c1-6-5-8(11(3)4)10-7(2)9-6;1-3-2;1-2;2*1-4(2,3)5/h5H,1-4H3;3H2,1-2H3;1-2H3;2*(H3,1,2,3,5). The van der Waals surface area contributed by atoms with Crippen LogP contribution in [0.1, 0.15) is 45.6 Å². The summed E-state index contributed by atoms with van der Waals surface area (Å²) in [6, 6.07) is 1.97. The Hall–Kier alpha value is -0.0600. The van der Waals surface area contributed by atoms with Gasteiger partial charge in [0, 0.05) is 25.9 Å². The minimum absolute atomic E-state index is 0.828. The maximum atomic E-state index is 7.56. The van der Waals surface area contributed by atoms with Gasteiger partial charge in [-0.1, -0.05) is 34.1 Å². The van der Waals surface area contributed by atoms with Crippen LogP contribution in [0.5, 0.6) is 0 Å². The van der Waals surface area contributed by atoms with Crippen LogP contribution in [-0.4, -0.2) is 53.4 Å². The van der Waals surface area contributed by atoms with Crippen molar-refractivity contribution >= 4 is 42.9 Å². The molecule has 0 spiro atoms. The van der Waals surface area contributed by atoms with Crippen molar-refractivity contribution in [3.05, 3.63) is 17.6 Å². The summed E-state index contributed by atoms with van der Waals surface area (Å²) in [7, 11) is 3.95. The molecule has 0 amide bonds. The Labute approximate surface area is 166 Å². The Kier molecular flexibility index (Phi) is 23.6. The molecule has 1 heterocycles. The number of hydrogen-bond acceptors (Lipinski definition) is 5. The average Bonchev–Trinajstić information content (AvgIpc) is 2.36. The fourth-order valence-electron chi connectivity index (χ4n) is 0.926. The highest BCUT2D eigenvalue weighted by Gasteiger charge is 1.98. The van der Waals surface area contributed by atoms with Crippen LogP contribution in [0.4, 0.5) is 5.82 Å². The molecule has 1 aromatic rings. The van der Waals surface area contributed by atoms with Crippen molar-refractivity contribution in [1.29, 1.82) is 0 Å². The first kappa shape index (κ1) is 33.5. The minimum Gasteiger partial charge on any atom is -0.363 e. The quantitative estimate of drug-likeness (QED) is 0.346. The molecule has 0 aliphatic rings. The number of hydrogen-bond donors (Lipinski definition) is 6. The van der Waals surface area contributed by atoms with Gasteiger partial charge in [-0.15, -0.1) is 0 Å². The Morgan fingerprint density at radius 2 is 1.15 bits per heavy atom. The molecule has 0 saturated carbocycles. The lowest BCUT2D eigenvalue weighted by atomic mass is 10.4. The molecule has 9 nitrogen and oxygen atoms in total. The fraction of sp³-hybridized carbons (Fsp3) is 0.692. The summed E-state index contributed by atoms with van der Waals surface area (Å²) in [5, 5.41) is 0. The van der Waals surface area contributed by atoms with Gasteiger partial charge in [-0.2, -0.15) is 0 Å². The normalized spacial score (nSPS) is 9.62. The molecule has 0 bridgehead atoms. The van der Waals surface area contributed by atoms with Gasteiger partial charge >= 0.3 is 13.4 Å². The maximum Gasteiger partial charge on any atom is 0.319 e. The van der Waals surface area contributed by atoms with Crippen LogP contribution in [0.3, 0.4) is 0 Å². The Morgan fingerprint density at radius 3 is 1.35 bits per heavy atom. The molecule has 1 aromatic heterocycles. The zero-order chi connectivity index (χ0) is 22.1. The molecule has 0 aromatic carbocycles. The third kappa shape index (κ3) is 49.6. The highest BCUT2D eigenvalue weighted by atomic mass is 32.5. The van der Waals surface area contributed by atoms with E-state index in [4.69, 9.17) is 29.4 Å². The van der Waals surface area contributed by atoms with Gasteiger partial charge in [0.1, 0.15) is 11.6 Å². The molecular formula is C13H33N3O6P2S2. The molecule has 0 fully saturated rings. The molecule has 158 valence electrons. The van der Waals surface area contributed by atoms with Crippen LogP contribution in [0.15, 0.2) is 6.07 Å². The number of nitrogens with zero attached hydrogens (tertiary/aromatic N) is 3. The lowest BCUT2D eigenvalue weighted by molar-refractivity contribution is 0.361. The SMILES string of the molecule is CC.CCC.Cc1cc(N(C)C)nc(C)n1.OP(O)(O)=S.OP(O)(O)=S. The second-order valence-electron chi connectivity index (χ2n) is 4.54. The van der Waals surface area contributed by atoms with Crippen LogP contribution in [0.2, 0.25) is 0 Å². The first-order valence-corrected chi connectivity index (χ1v) is 12.9. The smallest absolute Gasteiger partial charge is 0.319 e. The molecule has 0 aliphatic carbocycles. The van der Waals surface area contributed by atoms with E-state index in [1.54, 1.807) is 0 Å². The van der Waals surface area contributed by atoms with E-state index in [0.29, 0.717) is 0 Å². The van der Waals surface area contributed by atoms with E-state index in [9.17, 15) is 0 Å². The average molecular weight is 454 g/mol. The molecule has 26 heavy (non-hydrogen) atoms. The third-order valence-corrected chi connectivity index (χ3v) is 1.41. The van der Waals surface area contributed by atoms with Crippen LogP contribution in [0, 0.1) is 13.8 Å². The van der Waals surface area contributed by atoms with Gasteiger partial charge in [0.15, 0.2) is 0 Å². The van der Waals surface area contributed by atoms with Crippen molar-refractivity contribution in [3.8, 4) is 0 Å². The van der Waals surface area contributed by atoms with E-state index >= 15 is 0 Å². The number of aryl methyl sites for hydroxylation is 2. The zero-order valence-electron chi connectivity index (χ0n) is 16.5. The van der Waals surface area contributed by atoms with E-state index in [-0.39, 0.29) is 0 Å². The van der Waals surface area contributed by atoms with Crippen molar-refractivity contribution in [3.63, 3.8) is 0 Å². The van der Waals surface area contributed by atoms with Gasteiger partial charge in [0.25, 0.3) is 0 Å². The second-order valence-corrected chi connectivity index (χ2v) is 9.54. The van der Waals surface area contributed by atoms with E-state index in [1.807, 2.05) is 52.8 Å². The summed E-state index contributed by atoms with van der Waals surface area (Å²) >= 11 is 7.21. The number of anilines is 1. The number of aromatic nitrogens is 2. The summed E-state index contributed by atoms with van der Waals surface area (Å²) < 4.78 is 0. The maximum absolute atomic E-state index is 7.56. The van der Waals surface area contributed by atoms with Crippen LogP contribution in [-0.2, 0) is 23.6 Å². The largest absolute Gasteiger partial charge is 0.363 e. The van der Waals surface area contributed by atoms with Crippen LogP contribution >= 0.6 is 13.4 Å². The van der Waals surface area contributed by atoms with Crippen molar-refractivity contribution in [2.24, 2.45) is 0 Å². The van der Waals surface area contributed by atoms with E-state index < -0.39 is 13.4 Å². The monoisotopic (exact) mass is 453 g/mol. The molecule has 0 saturated heterocycles. The summed E-state index contributed by atoms with van der Waals surface area (Å²) in [6.07, 6.45) is 1.25. The predicted molar refractivity (Wildman–Crippen MR) is 115 cm³/mol. The molecule has 0 radical (unpaired) electrons. The van der Waals surface area contributed by atoms with Gasteiger partial charge < -0.3 is 34.3 Å². The van der Waals surface area contributed by atoms with Crippen molar-refractivity contribution in [2.45, 2.75) is 48.0 Å². The molecule has 0 unspecified atom stereocenters. The summed E-state index contributed by atoms with van der Waals surface area (Å²) in [5.74, 6) is 1.80. The zero-order valence-corrected chi connectivity index (χ0v) is 19.9. The van der Waals surface area contributed by atoms with Crippen molar-refractivity contribution in [1.82, 2.24) is 9.97 Å². The minimum atomic E-state index is -3.81. The molecule has 13 heteroatoms. The van der Waals surface area contributed by atoms with Gasteiger partial charge in [0.05, 0.1) is 0 Å². The highest BCUT2D eigenvalue weighted by Crippen LogP contribution is 2.26. The molecule has 0 aliphatic heterocycles. The fourth-order valence-corrected chi connectivity index (χ4v) is 0.926. The van der Waals surface area contributed by atoms with E-state index in [1.165, 1.54) is 6.42 Å². The lowest BCUT2D eigenvalue weighted by Crippen LogP contribution is -2.11. The topological polar surface area (TPSA) is 150 Å². The van der Waals surface area contributed by atoms with Gasteiger partial charge in [-0.05, 0) is 37.5 Å². The molecule has 6 N–H and O–H groups in total.